The molecule has 0 amide bonds. The van der Waals surface area contributed by atoms with Crippen LogP contribution in [0.4, 0.5) is 0 Å². The van der Waals surface area contributed by atoms with Gasteiger partial charge in [0.15, 0.2) is 0 Å². The van der Waals surface area contributed by atoms with Crippen molar-refractivity contribution in [3.05, 3.63) is 29.3 Å². The molecule has 17 heavy (non-hydrogen) atoms. The SMILES string of the molecule is COc1ccc(C(C)(C)C)cc1CCNCBr. The third kappa shape index (κ3) is 4.32. The molecule has 0 aliphatic carbocycles. The lowest BCUT2D eigenvalue weighted by atomic mass is 9.85. The number of halogens is 1. The molecule has 1 aromatic carbocycles. The quantitative estimate of drug-likeness (QED) is 0.511. The van der Waals surface area contributed by atoms with Crippen LogP contribution in [0.15, 0.2) is 18.2 Å². The number of methoxy groups -OCH3 is 1. The van der Waals surface area contributed by atoms with Gasteiger partial charge in [0.05, 0.1) is 12.6 Å². The second-order valence-electron chi connectivity index (χ2n) is 5.16. The number of nitrogens with one attached hydrogen (secondary N) is 1. The van der Waals surface area contributed by atoms with E-state index in [1.54, 1.807) is 7.11 Å². The first-order chi connectivity index (χ1) is 7.99. The van der Waals surface area contributed by atoms with Gasteiger partial charge in [0.2, 0.25) is 0 Å². The Morgan fingerprint density at radius 2 is 2.00 bits per heavy atom. The molecule has 0 aliphatic rings. The van der Waals surface area contributed by atoms with Crippen LogP contribution in [0.25, 0.3) is 0 Å². The molecule has 0 atom stereocenters. The fourth-order valence-corrected chi connectivity index (χ4v) is 2.01. The van der Waals surface area contributed by atoms with Crippen molar-refractivity contribution >= 4 is 15.9 Å². The molecule has 0 saturated carbocycles. The van der Waals surface area contributed by atoms with Gasteiger partial charge in [0.1, 0.15) is 5.75 Å². The average Bonchev–Trinajstić information content (AvgIpc) is 2.28. The van der Waals surface area contributed by atoms with Crippen LogP contribution in [0.5, 0.6) is 5.75 Å². The highest BCUT2D eigenvalue weighted by Gasteiger charge is 2.15. The standard InChI is InChI=1S/C14H22BrNO/c1-14(2,3)12-5-6-13(17-4)11(9-12)7-8-16-10-15/h5-6,9,16H,7-8,10H2,1-4H3. The summed E-state index contributed by atoms with van der Waals surface area (Å²) in [7, 11) is 1.73. The molecule has 2 nitrogen and oxygen atoms in total. The third-order valence-corrected chi connectivity index (χ3v) is 3.21. The minimum absolute atomic E-state index is 0.184. The largest absolute Gasteiger partial charge is 0.496 e. The number of alkyl halides is 1. The first-order valence-corrected chi connectivity index (χ1v) is 7.05. The van der Waals surface area contributed by atoms with Crippen LogP contribution in [0.1, 0.15) is 31.9 Å². The summed E-state index contributed by atoms with van der Waals surface area (Å²) in [5.74, 6) is 0.981. The van der Waals surface area contributed by atoms with Crippen molar-refractivity contribution < 1.29 is 4.74 Å². The second kappa shape index (κ2) is 6.41. The number of benzene rings is 1. The highest BCUT2D eigenvalue weighted by atomic mass is 79.9. The normalized spacial score (nSPS) is 11.6. The molecule has 3 heteroatoms. The Balaban J connectivity index is 2.90. The predicted octanol–water partition coefficient (Wildman–Crippen LogP) is 3.48. The van der Waals surface area contributed by atoms with Gasteiger partial charge < -0.3 is 10.1 Å². The van der Waals surface area contributed by atoms with Gasteiger partial charge in [-0.25, -0.2) is 0 Å². The zero-order valence-corrected chi connectivity index (χ0v) is 12.7. The van der Waals surface area contributed by atoms with Crippen LogP contribution in [-0.4, -0.2) is 19.1 Å². The Kier molecular flexibility index (Phi) is 5.47. The van der Waals surface area contributed by atoms with Gasteiger partial charge in [-0.15, -0.1) is 0 Å². The van der Waals surface area contributed by atoms with Gasteiger partial charge in [-0.1, -0.05) is 48.8 Å². The average molecular weight is 300 g/mol. The Morgan fingerprint density at radius 1 is 1.29 bits per heavy atom. The van der Waals surface area contributed by atoms with Crippen LogP contribution in [-0.2, 0) is 11.8 Å². The molecule has 1 N–H and O–H groups in total. The Labute approximate surface area is 113 Å². The molecule has 1 aromatic rings. The second-order valence-corrected chi connectivity index (χ2v) is 5.72. The van der Waals surface area contributed by atoms with Gasteiger partial charge in [-0.2, -0.15) is 0 Å². The van der Waals surface area contributed by atoms with E-state index in [0.29, 0.717) is 0 Å². The third-order valence-electron chi connectivity index (χ3n) is 2.81. The number of hydrogen-bond acceptors (Lipinski definition) is 2. The van der Waals surface area contributed by atoms with Crippen molar-refractivity contribution in [2.45, 2.75) is 32.6 Å². The molecule has 0 aromatic heterocycles. The summed E-state index contributed by atoms with van der Waals surface area (Å²) in [4.78, 5) is 0. The van der Waals surface area contributed by atoms with E-state index in [1.165, 1.54) is 11.1 Å². The molecule has 0 spiro atoms. The van der Waals surface area contributed by atoms with Crippen molar-refractivity contribution in [2.24, 2.45) is 0 Å². The van der Waals surface area contributed by atoms with E-state index in [4.69, 9.17) is 4.74 Å². The molecule has 0 bridgehead atoms. The zero-order chi connectivity index (χ0) is 12.9. The zero-order valence-electron chi connectivity index (χ0n) is 11.1. The van der Waals surface area contributed by atoms with E-state index in [0.717, 1.165) is 24.2 Å². The minimum atomic E-state index is 0.184. The van der Waals surface area contributed by atoms with Crippen molar-refractivity contribution in [3.63, 3.8) is 0 Å². The van der Waals surface area contributed by atoms with Gasteiger partial charge >= 0.3 is 0 Å². The number of hydrogen-bond donors (Lipinski definition) is 1. The maximum atomic E-state index is 5.40. The van der Waals surface area contributed by atoms with Gasteiger partial charge in [0.25, 0.3) is 0 Å². The lowest BCUT2D eigenvalue weighted by Crippen LogP contribution is -2.16. The van der Waals surface area contributed by atoms with E-state index in [2.05, 4.69) is 60.2 Å². The monoisotopic (exact) mass is 299 g/mol. The molecule has 0 aliphatic heterocycles. The van der Waals surface area contributed by atoms with E-state index in [1.807, 2.05) is 0 Å². The molecular formula is C14H22BrNO. The van der Waals surface area contributed by atoms with E-state index in [-0.39, 0.29) is 5.41 Å². The van der Waals surface area contributed by atoms with Crippen molar-refractivity contribution in [2.75, 3.05) is 19.1 Å². The Hall–Kier alpha value is -0.540. The van der Waals surface area contributed by atoms with Crippen LogP contribution < -0.4 is 10.1 Å². The summed E-state index contributed by atoms with van der Waals surface area (Å²) in [5.41, 5.74) is 3.64. The maximum Gasteiger partial charge on any atom is 0.122 e. The Bertz CT molecular complexity index is 358. The fraction of sp³-hybridized carbons (Fsp3) is 0.571. The van der Waals surface area contributed by atoms with E-state index < -0.39 is 0 Å². The van der Waals surface area contributed by atoms with Crippen LogP contribution in [0.3, 0.4) is 0 Å². The van der Waals surface area contributed by atoms with Gasteiger partial charge in [-0.05, 0) is 29.0 Å². The van der Waals surface area contributed by atoms with E-state index >= 15 is 0 Å². The van der Waals surface area contributed by atoms with Crippen molar-refractivity contribution in [1.29, 1.82) is 0 Å². The summed E-state index contributed by atoms with van der Waals surface area (Å²) in [6.07, 6.45) is 0.985. The lowest BCUT2D eigenvalue weighted by molar-refractivity contribution is 0.408. The first kappa shape index (κ1) is 14.5. The molecule has 0 fully saturated rings. The smallest absolute Gasteiger partial charge is 0.122 e. The molecule has 96 valence electrons. The van der Waals surface area contributed by atoms with Crippen molar-refractivity contribution in [1.82, 2.24) is 5.32 Å². The van der Waals surface area contributed by atoms with Crippen LogP contribution >= 0.6 is 15.9 Å². The summed E-state index contributed by atoms with van der Waals surface area (Å²) in [5, 5.41) is 3.27. The number of rotatable bonds is 5. The summed E-state index contributed by atoms with van der Waals surface area (Å²) in [6, 6.07) is 6.49. The van der Waals surface area contributed by atoms with E-state index in [9.17, 15) is 0 Å². The van der Waals surface area contributed by atoms with Crippen LogP contribution in [0.2, 0.25) is 0 Å². The van der Waals surface area contributed by atoms with Crippen molar-refractivity contribution in [3.8, 4) is 5.75 Å². The molecule has 0 heterocycles. The number of ether oxygens (including phenoxy) is 1. The first-order valence-electron chi connectivity index (χ1n) is 5.93. The molecular weight excluding hydrogens is 278 g/mol. The molecule has 1 rings (SSSR count). The maximum absolute atomic E-state index is 5.40. The van der Waals surface area contributed by atoms with Gasteiger partial charge in [-0.3, -0.25) is 0 Å². The Morgan fingerprint density at radius 3 is 2.53 bits per heavy atom. The van der Waals surface area contributed by atoms with Gasteiger partial charge in [0, 0.05) is 6.54 Å². The predicted molar refractivity (Wildman–Crippen MR) is 77.2 cm³/mol. The fourth-order valence-electron chi connectivity index (χ4n) is 1.73. The highest BCUT2D eigenvalue weighted by molar-refractivity contribution is 9.09. The summed E-state index contributed by atoms with van der Waals surface area (Å²) in [6.45, 7) is 7.65. The summed E-state index contributed by atoms with van der Waals surface area (Å²) < 4.78 is 5.40. The van der Waals surface area contributed by atoms with Crippen LogP contribution in [0, 0.1) is 0 Å². The summed E-state index contributed by atoms with van der Waals surface area (Å²) >= 11 is 3.36. The molecule has 0 saturated heterocycles. The molecule has 0 unspecified atom stereocenters. The highest BCUT2D eigenvalue weighted by Crippen LogP contribution is 2.28. The minimum Gasteiger partial charge on any atom is -0.496 e. The topological polar surface area (TPSA) is 21.3 Å². The molecule has 0 radical (unpaired) electrons. The lowest BCUT2D eigenvalue weighted by Gasteiger charge is -2.21.